The molecule has 3 unspecified atom stereocenters. The number of rotatable bonds is 5. The first-order valence-electron chi connectivity index (χ1n) is 7.42. The van der Waals surface area contributed by atoms with Gasteiger partial charge in [0.2, 0.25) is 5.91 Å². The summed E-state index contributed by atoms with van der Waals surface area (Å²) in [6.45, 7) is 6.23. The Labute approximate surface area is 126 Å². The quantitative estimate of drug-likeness (QED) is 0.897. The van der Waals surface area contributed by atoms with E-state index in [1.807, 2.05) is 36.1 Å². The minimum atomic E-state index is -0.134. The lowest BCUT2D eigenvalue weighted by molar-refractivity contribution is -0.132. The van der Waals surface area contributed by atoms with Gasteiger partial charge in [0.05, 0.1) is 6.04 Å². The molecule has 0 radical (unpaired) electrons. The average Bonchev–Trinajstić information content (AvgIpc) is 2.73. The Morgan fingerprint density at radius 1 is 1.40 bits per heavy atom. The van der Waals surface area contributed by atoms with Crippen LogP contribution in [0.15, 0.2) is 24.3 Å². The molecule has 110 valence electrons. The summed E-state index contributed by atoms with van der Waals surface area (Å²) in [5.74, 6) is 0.190. The Kier molecular flexibility index (Phi) is 5.06. The van der Waals surface area contributed by atoms with Crippen LogP contribution < -0.4 is 5.32 Å². The Balaban J connectivity index is 2.32. The summed E-state index contributed by atoms with van der Waals surface area (Å²) in [7, 11) is 0. The van der Waals surface area contributed by atoms with Gasteiger partial charge in [-0.05, 0) is 37.5 Å². The molecule has 1 saturated heterocycles. The maximum absolute atomic E-state index is 12.5. The van der Waals surface area contributed by atoms with E-state index in [0.29, 0.717) is 5.02 Å². The molecule has 0 bridgehead atoms. The van der Waals surface area contributed by atoms with E-state index >= 15 is 0 Å². The summed E-state index contributed by atoms with van der Waals surface area (Å²) in [6, 6.07) is 7.92. The van der Waals surface area contributed by atoms with E-state index in [1.165, 1.54) is 0 Å². The van der Waals surface area contributed by atoms with Gasteiger partial charge in [-0.1, -0.05) is 44.0 Å². The lowest BCUT2D eigenvalue weighted by Gasteiger charge is -2.32. The minimum Gasteiger partial charge on any atom is -0.319 e. The number of hydrogen-bond acceptors (Lipinski definition) is 2. The summed E-state index contributed by atoms with van der Waals surface area (Å²) >= 11 is 6.09. The third-order valence-corrected chi connectivity index (χ3v) is 4.20. The lowest BCUT2D eigenvalue weighted by Crippen LogP contribution is -2.39. The van der Waals surface area contributed by atoms with Gasteiger partial charge < -0.3 is 4.90 Å². The van der Waals surface area contributed by atoms with Crippen molar-refractivity contribution in [3.05, 3.63) is 34.9 Å². The predicted octanol–water partition coefficient (Wildman–Crippen LogP) is 3.74. The highest BCUT2D eigenvalue weighted by atomic mass is 35.5. The zero-order chi connectivity index (χ0) is 14.7. The van der Waals surface area contributed by atoms with Crippen LogP contribution in [0.2, 0.25) is 5.02 Å². The Morgan fingerprint density at radius 2 is 2.15 bits per heavy atom. The second kappa shape index (κ2) is 6.59. The lowest BCUT2D eigenvalue weighted by atomic mass is 10.0. The van der Waals surface area contributed by atoms with Crippen LogP contribution in [0.4, 0.5) is 0 Å². The number of benzene rings is 1. The molecule has 20 heavy (non-hydrogen) atoms. The summed E-state index contributed by atoms with van der Waals surface area (Å²) in [6.07, 6.45) is 3.03. The van der Waals surface area contributed by atoms with Gasteiger partial charge in [-0.2, -0.15) is 0 Å². The van der Waals surface area contributed by atoms with Crippen molar-refractivity contribution in [2.75, 3.05) is 0 Å². The van der Waals surface area contributed by atoms with Crippen molar-refractivity contribution in [2.24, 2.45) is 0 Å². The maximum atomic E-state index is 12.5. The first-order chi connectivity index (χ1) is 9.58. The van der Waals surface area contributed by atoms with Crippen LogP contribution >= 0.6 is 11.6 Å². The van der Waals surface area contributed by atoms with Crippen LogP contribution in [0.25, 0.3) is 0 Å². The van der Waals surface area contributed by atoms with Crippen LogP contribution in [0, 0.1) is 0 Å². The van der Waals surface area contributed by atoms with Gasteiger partial charge in [-0.3, -0.25) is 10.1 Å². The third kappa shape index (κ3) is 2.99. The van der Waals surface area contributed by atoms with Gasteiger partial charge >= 0.3 is 0 Å². The highest BCUT2D eigenvalue weighted by molar-refractivity contribution is 6.30. The molecular formula is C16H23ClN2O. The molecule has 0 spiro atoms. The highest BCUT2D eigenvalue weighted by Gasteiger charge is 2.40. The molecule has 4 heteroatoms. The van der Waals surface area contributed by atoms with Crippen LogP contribution in [0.5, 0.6) is 0 Å². The number of hydrogen-bond donors (Lipinski definition) is 1. The first-order valence-corrected chi connectivity index (χ1v) is 7.80. The van der Waals surface area contributed by atoms with Gasteiger partial charge in [-0.25, -0.2) is 0 Å². The average molecular weight is 295 g/mol. The molecule has 0 saturated carbocycles. The Bertz CT molecular complexity index is 477. The van der Waals surface area contributed by atoms with Crippen molar-refractivity contribution < 1.29 is 4.79 Å². The zero-order valence-electron chi connectivity index (χ0n) is 12.4. The topological polar surface area (TPSA) is 32.3 Å². The number of carbonyl (C=O) groups excluding carboxylic acids is 1. The van der Waals surface area contributed by atoms with Gasteiger partial charge in [0, 0.05) is 11.1 Å². The number of amides is 1. The van der Waals surface area contributed by atoms with E-state index in [9.17, 15) is 4.79 Å². The van der Waals surface area contributed by atoms with Crippen molar-refractivity contribution in [2.45, 2.75) is 58.3 Å². The van der Waals surface area contributed by atoms with Crippen molar-refractivity contribution in [3.8, 4) is 0 Å². The molecule has 0 aromatic heterocycles. The van der Waals surface area contributed by atoms with E-state index in [2.05, 4.69) is 19.2 Å². The molecule has 0 aliphatic carbocycles. The van der Waals surface area contributed by atoms with Crippen molar-refractivity contribution in [1.29, 1.82) is 0 Å². The molecule has 1 aromatic carbocycles. The summed E-state index contributed by atoms with van der Waals surface area (Å²) in [5, 5.41) is 4.10. The molecule has 1 aliphatic heterocycles. The van der Waals surface area contributed by atoms with E-state index in [-0.39, 0.29) is 24.2 Å². The number of carbonyl (C=O) groups is 1. The number of halogens is 1. The molecule has 1 aromatic rings. The Hall–Kier alpha value is -1.06. The fraction of sp³-hybridized carbons (Fsp3) is 0.562. The first kappa shape index (κ1) is 15.3. The summed E-state index contributed by atoms with van der Waals surface area (Å²) < 4.78 is 0. The van der Waals surface area contributed by atoms with Crippen LogP contribution in [0.1, 0.15) is 51.8 Å². The second-order valence-corrected chi connectivity index (χ2v) is 5.88. The van der Waals surface area contributed by atoms with Crippen LogP contribution in [0.3, 0.4) is 0 Å². The van der Waals surface area contributed by atoms with E-state index in [4.69, 9.17) is 11.6 Å². The normalized spacial score (nSPS) is 24.2. The summed E-state index contributed by atoms with van der Waals surface area (Å²) in [5.41, 5.74) is 1.06. The van der Waals surface area contributed by atoms with E-state index in [1.54, 1.807) is 0 Å². The van der Waals surface area contributed by atoms with Gasteiger partial charge in [0.15, 0.2) is 0 Å². The molecule has 1 fully saturated rings. The fourth-order valence-corrected chi connectivity index (χ4v) is 3.14. The zero-order valence-corrected chi connectivity index (χ0v) is 13.2. The van der Waals surface area contributed by atoms with Crippen LogP contribution in [-0.2, 0) is 4.79 Å². The van der Waals surface area contributed by atoms with Crippen molar-refractivity contribution in [3.63, 3.8) is 0 Å². The standard InChI is InChI=1S/C16H23ClN2O/c1-4-7-14(5-2)19-15(18-11(3)16(19)20)12-8-6-9-13(17)10-12/h6,8-11,14-15,18H,4-5,7H2,1-3H3. The maximum Gasteiger partial charge on any atom is 0.241 e. The van der Waals surface area contributed by atoms with Gasteiger partial charge in [-0.15, -0.1) is 0 Å². The summed E-state index contributed by atoms with van der Waals surface area (Å²) in [4.78, 5) is 14.5. The molecule has 3 atom stereocenters. The van der Waals surface area contributed by atoms with E-state index < -0.39 is 0 Å². The fourth-order valence-electron chi connectivity index (χ4n) is 2.94. The Morgan fingerprint density at radius 3 is 2.75 bits per heavy atom. The smallest absolute Gasteiger partial charge is 0.241 e. The van der Waals surface area contributed by atoms with Gasteiger partial charge in [0.1, 0.15) is 6.17 Å². The molecule has 3 nitrogen and oxygen atoms in total. The molecule has 1 amide bonds. The van der Waals surface area contributed by atoms with Gasteiger partial charge in [0.25, 0.3) is 0 Å². The highest BCUT2D eigenvalue weighted by Crippen LogP contribution is 2.31. The number of nitrogens with zero attached hydrogens (tertiary/aromatic N) is 1. The largest absolute Gasteiger partial charge is 0.319 e. The molecule has 2 rings (SSSR count). The predicted molar refractivity (Wildman–Crippen MR) is 82.6 cm³/mol. The second-order valence-electron chi connectivity index (χ2n) is 5.44. The minimum absolute atomic E-state index is 0.0623. The van der Waals surface area contributed by atoms with Crippen LogP contribution in [-0.4, -0.2) is 22.9 Å². The molecular weight excluding hydrogens is 272 g/mol. The van der Waals surface area contributed by atoms with Crippen molar-refractivity contribution >= 4 is 17.5 Å². The number of nitrogens with one attached hydrogen (secondary N) is 1. The van der Waals surface area contributed by atoms with E-state index in [0.717, 1.165) is 24.8 Å². The third-order valence-electron chi connectivity index (χ3n) is 3.96. The van der Waals surface area contributed by atoms with Crippen molar-refractivity contribution in [1.82, 2.24) is 10.2 Å². The molecule has 1 heterocycles. The molecule has 1 N–H and O–H groups in total. The monoisotopic (exact) mass is 294 g/mol. The molecule has 1 aliphatic rings. The SMILES string of the molecule is CCCC(CC)N1C(=O)C(C)NC1c1cccc(Cl)c1.